The highest BCUT2D eigenvalue weighted by molar-refractivity contribution is 5.78. The molecule has 1 aliphatic heterocycles. The standard InChI is InChI=1S/C16H19FO3/c1-10(2)13-9-16(18,6-7-19-13)14-8-11-4-3-5-12(17)15(11)20-14/h3-5,8,10,13,18H,6-7,9H2,1-2H3. The number of fused-ring (bicyclic) bond motifs is 1. The highest BCUT2D eigenvalue weighted by Gasteiger charge is 2.40. The number of para-hydroxylation sites is 1. The van der Waals surface area contributed by atoms with E-state index in [0.717, 1.165) is 0 Å². The fourth-order valence-electron chi connectivity index (χ4n) is 2.78. The SMILES string of the molecule is CC(C)C1CC(O)(c2cc3cccc(F)c3o2)CCO1. The molecule has 0 saturated carbocycles. The zero-order chi connectivity index (χ0) is 14.3. The minimum absolute atomic E-state index is 0.00758. The first-order valence-electron chi connectivity index (χ1n) is 7.02. The van der Waals surface area contributed by atoms with Gasteiger partial charge in [-0.05, 0) is 18.1 Å². The van der Waals surface area contributed by atoms with Gasteiger partial charge in [-0.2, -0.15) is 0 Å². The summed E-state index contributed by atoms with van der Waals surface area (Å²) in [6.45, 7) is 4.61. The Kier molecular flexibility index (Phi) is 3.30. The van der Waals surface area contributed by atoms with E-state index >= 15 is 0 Å². The Morgan fingerprint density at radius 2 is 2.20 bits per heavy atom. The maximum absolute atomic E-state index is 13.7. The zero-order valence-corrected chi connectivity index (χ0v) is 11.7. The van der Waals surface area contributed by atoms with Crippen molar-refractivity contribution in [3.63, 3.8) is 0 Å². The first-order chi connectivity index (χ1) is 9.49. The minimum atomic E-state index is -1.07. The van der Waals surface area contributed by atoms with Crippen molar-refractivity contribution >= 4 is 11.0 Å². The highest BCUT2D eigenvalue weighted by atomic mass is 19.1. The second-order valence-electron chi connectivity index (χ2n) is 5.91. The summed E-state index contributed by atoms with van der Waals surface area (Å²) in [5, 5.41) is 11.5. The monoisotopic (exact) mass is 278 g/mol. The fraction of sp³-hybridized carbons (Fsp3) is 0.500. The molecule has 1 fully saturated rings. The lowest BCUT2D eigenvalue weighted by Crippen LogP contribution is -2.40. The number of hydrogen-bond acceptors (Lipinski definition) is 3. The number of benzene rings is 1. The molecule has 2 aromatic rings. The second-order valence-corrected chi connectivity index (χ2v) is 5.91. The van der Waals surface area contributed by atoms with Crippen molar-refractivity contribution in [2.24, 2.45) is 5.92 Å². The molecule has 1 aromatic heterocycles. The third-order valence-corrected chi connectivity index (χ3v) is 4.08. The van der Waals surface area contributed by atoms with E-state index in [-0.39, 0.29) is 11.7 Å². The van der Waals surface area contributed by atoms with Gasteiger partial charge in [-0.25, -0.2) is 4.39 Å². The molecular weight excluding hydrogens is 259 g/mol. The Morgan fingerprint density at radius 3 is 2.90 bits per heavy atom. The summed E-state index contributed by atoms with van der Waals surface area (Å²) in [6.07, 6.45) is 0.941. The normalized spacial score (nSPS) is 27.4. The molecule has 1 saturated heterocycles. The zero-order valence-electron chi connectivity index (χ0n) is 11.7. The quantitative estimate of drug-likeness (QED) is 0.912. The van der Waals surface area contributed by atoms with Crippen molar-refractivity contribution in [2.45, 2.75) is 38.4 Å². The molecule has 1 aliphatic rings. The van der Waals surface area contributed by atoms with Crippen LogP contribution in [0.15, 0.2) is 28.7 Å². The van der Waals surface area contributed by atoms with Gasteiger partial charge in [0.15, 0.2) is 11.4 Å². The molecule has 20 heavy (non-hydrogen) atoms. The van der Waals surface area contributed by atoms with E-state index in [4.69, 9.17) is 9.15 Å². The van der Waals surface area contributed by atoms with Gasteiger partial charge in [-0.3, -0.25) is 0 Å². The van der Waals surface area contributed by atoms with Crippen LogP contribution in [0.1, 0.15) is 32.4 Å². The highest BCUT2D eigenvalue weighted by Crippen LogP contribution is 2.39. The molecule has 1 aromatic carbocycles. The van der Waals surface area contributed by atoms with Crippen molar-refractivity contribution in [1.29, 1.82) is 0 Å². The van der Waals surface area contributed by atoms with Crippen LogP contribution in [0.25, 0.3) is 11.0 Å². The van der Waals surface area contributed by atoms with Crippen LogP contribution < -0.4 is 0 Å². The summed E-state index contributed by atoms with van der Waals surface area (Å²) >= 11 is 0. The molecule has 0 amide bonds. The molecule has 3 rings (SSSR count). The lowest BCUT2D eigenvalue weighted by atomic mass is 9.84. The number of rotatable bonds is 2. The third kappa shape index (κ3) is 2.23. The van der Waals surface area contributed by atoms with Crippen molar-refractivity contribution in [3.05, 3.63) is 35.8 Å². The first kappa shape index (κ1) is 13.6. The Bertz CT molecular complexity index is 619. The minimum Gasteiger partial charge on any atom is -0.455 e. The predicted molar refractivity (Wildman–Crippen MR) is 73.9 cm³/mol. The Labute approximate surface area is 117 Å². The summed E-state index contributed by atoms with van der Waals surface area (Å²) in [4.78, 5) is 0. The van der Waals surface area contributed by atoms with Gasteiger partial charge < -0.3 is 14.3 Å². The number of aliphatic hydroxyl groups is 1. The number of furan rings is 1. The summed E-state index contributed by atoms with van der Waals surface area (Å²) in [5.74, 6) is 0.360. The molecule has 4 heteroatoms. The van der Waals surface area contributed by atoms with Crippen LogP contribution in [0.2, 0.25) is 0 Å². The van der Waals surface area contributed by atoms with Gasteiger partial charge in [0.2, 0.25) is 0 Å². The van der Waals surface area contributed by atoms with Crippen LogP contribution in [-0.2, 0) is 10.3 Å². The smallest absolute Gasteiger partial charge is 0.170 e. The number of halogens is 1. The van der Waals surface area contributed by atoms with Gasteiger partial charge in [0.1, 0.15) is 11.4 Å². The average molecular weight is 278 g/mol. The maximum Gasteiger partial charge on any atom is 0.170 e. The lowest BCUT2D eigenvalue weighted by molar-refractivity contribution is -0.129. The maximum atomic E-state index is 13.7. The largest absolute Gasteiger partial charge is 0.455 e. The van der Waals surface area contributed by atoms with Crippen LogP contribution in [-0.4, -0.2) is 17.8 Å². The third-order valence-electron chi connectivity index (χ3n) is 4.08. The van der Waals surface area contributed by atoms with Crippen LogP contribution >= 0.6 is 0 Å². The van der Waals surface area contributed by atoms with Gasteiger partial charge in [0, 0.05) is 18.2 Å². The first-order valence-corrected chi connectivity index (χ1v) is 7.02. The van der Waals surface area contributed by atoms with Crippen LogP contribution in [0.4, 0.5) is 4.39 Å². The van der Waals surface area contributed by atoms with Crippen molar-refractivity contribution in [3.8, 4) is 0 Å². The summed E-state index contributed by atoms with van der Waals surface area (Å²) < 4.78 is 25.0. The summed E-state index contributed by atoms with van der Waals surface area (Å²) in [5.41, 5.74) is -0.859. The average Bonchev–Trinajstić information content (AvgIpc) is 2.85. The van der Waals surface area contributed by atoms with Gasteiger partial charge in [-0.1, -0.05) is 26.0 Å². The fourth-order valence-corrected chi connectivity index (χ4v) is 2.78. The molecule has 0 aliphatic carbocycles. The molecule has 0 bridgehead atoms. The van der Waals surface area contributed by atoms with Crippen LogP contribution in [0, 0.1) is 11.7 Å². The molecular formula is C16H19FO3. The van der Waals surface area contributed by atoms with Gasteiger partial charge in [-0.15, -0.1) is 0 Å². The summed E-state index contributed by atoms with van der Waals surface area (Å²) in [7, 11) is 0. The number of hydrogen-bond donors (Lipinski definition) is 1. The Morgan fingerprint density at radius 1 is 1.40 bits per heavy atom. The van der Waals surface area contributed by atoms with Crippen LogP contribution in [0.3, 0.4) is 0 Å². The molecule has 3 nitrogen and oxygen atoms in total. The Hall–Kier alpha value is -1.39. The molecule has 108 valence electrons. The van der Waals surface area contributed by atoms with E-state index in [1.807, 2.05) is 0 Å². The van der Waals surface area contributed by atoms with Gasteiger partial charge >= 0.3 is 0 Å². The van der Waals surface area contributed by atoms with Gasteiger partial charge in [0.05, 0.1) is 12.7 Å². The van der Waals surface area contributed by atoms with E-state index in [1.165, 1.54) is 6.07 Å². The van der Waals surface area contributed by atoms with Crippen molar-refractivity contribution in [1.82, 2.24) is 0 Å². The molecule has 2 atom stereocenters. The second kappa shape index (κ2) is 4.86. The van der Waals surface area contributed by atoms with Crippen molar-refractivity contribution < 1.29 is 18.7 Å². The Balaban J connectivity index is 1.98. The van der Waals surface area contributed by atoms with E-state index < -0.39 is 11.4 Å². The molecule has 1 N–H and O–H groups in total. The topological polar surface area (TPSA) is 42.6 Å². The predicted octanol–water partition coefficient (Wildman–Crippen LogP) is 3.59. The number of ether oxygens (including phenoxy) is 1. The lowest BCUT2D eigenvalue weighted by Gasteiger charge is -2.37. The van der Waals surface area contributed by atoms with E-state index in [2.05, 4.69) is 13.8 Å². The molecule has 2 heterocycles. The molecule has 0 spiro atoms. The molecule has 0 radical (unpaired) electrons. The summed E-state index contributed by atoms with van der Waals surface area (Å²) in [6, 6.07) is 6.53. The van der Waals surface area contributed by atoms with E-state index in [1.54, 1.807) is 18.2 Å². The van der Waals surface area contributed by atoms with Crippen LogP contribution in [0.5, 0.6) is 0 Å². The van der Waals surface area contributed by atoms with Crippen molar-refractivity contribution in [2.75, 3.05) is 6.61 Å². The molecule has 2 unspecified atom stereocenters. The van der Waals surface area contributed by atoms with E-state index in [9.17, 15) is 9.50 Å². The van der Waals surface area contributed by atoms with E-state index in [0.29, 0.717) is 36.5 Å². The van der Waals surface area contributed by atoms with Gasteiger partial charge in [0.25, 0.3) is 0 Å².